The summed E-state index contributed by atoms with van der Waals surface area (Å²) in [5.74, 6) is -1.58. The highest BCUT2D eigenvalue weighted by Gasteiger charge is 2.38. The Kier molecular flexibility index (Phi) is 6.41. The van der Waals surface area contributed by atoms with Gasteiger partial charge < -0.3 is 25.0 Å². The fraction of sp³-hybridized carbons (Fsp3) is 0.769. The van der Waals surface area contributed by atoms with Crippen molar-refractivity contribution in [3.63, 3.8) is 0 Å². The number of nitrogens with one attached hydrogen (secondary N) is 1. The second-order valence-corrected chi connectivity index (χ2v) is 5.27. The smallest absolute Gasteiger partial charge is 0.320 e. The molecule has 0 aromatic heterocycles. The maximum Gasteiger partial charge on any atom is 0.320 e. The quantitative estimate of drug-likeness (QED) is 0.615. The number of likely N-dealkylation sites (N-methyl/N-ethyl adjacent to an activating group) is 1. The maximum absolute atomic E-state index is 12.0. The van der Waals surface area contributed by atoms with E-state index in [2.05, 4.69) is 5.32 Å². The third-order valence-corrected chi connectivity index (χ3v) is 3.61. The van der Waals surface area contributed by atoms with E-state index >= 15 is 0 Å². The first-order valence-corrected chi connectivity index (χ1v) is 6.85. The summed E-state index contributed by atoms with van der Waals surface area (Å²) < 4.78 is 4.81. The average Bonchev–Trinajstić information content (AvgIpc) is 2.36. The molecule has 1 atom stereocenters. The van der Waals surface area contributed by atoms with Crippen molar-refractivity contribution in [2.45, 2.75) is 6.92 Å². The van der Waals surface area contributed by atoms with E-state index in [1.54, 1.807) is 26.0 Å². The van der Waals surface area contributed by atoms with Crippen LogP contribution in [0.1, 0.15) is 6.92 Å². The molecule has 8 nitrogen and oxygen atoms in total. The Morgan fingerprint density at radius 2 is 2.05 bits per heavy atom. The minimum absolute atomic E-state index is 0.0182. The number of carbonyl (C=O) groups excluding carboxylic acids is 2. The van der Waals surface area contributed by atoms with Crippen LogP contribution in [0.2, 0.25) is 0 Å². The van der Waals surface area contributed by atoms with Gasteiger partial charge in [-0.2, -0.15) is 0 Å². The van der Waals surface area contributed by atoms with Crippen LogP contribution >= 0.6 is 0 Å². The summed E-state index contributed by atoms with van der Waals surface area (Å²) in [5, 5.41) is 11.5. The van der Waals surface area contributed by atoms with Crippen molar-refractivity contribution in [2.75, 3.05) is 46.9 Å². The van der Waals surface area contributed by atoms with Crippen molar-refractivity contribution in [2.24, 2.45) is 11.8 Å². The number of nitrogens with zero attached hydrogens (tertiary/aromatic N) is 2. The molecule has 3 amide bonds. The Balaban J connectivity index is 2.30. The monoisotopic (exact) mass is 301 g/mol. The van der Waals surface area contributed by atoms with Gasteiger partial charge in [0.2, 0.25) is 5.91 Å². The average molecular weight is 301 g/mol. The van der Waals surface area contributed by atoms with Gasteiger partial charge in [0.25, 0.3) is 0 Å². The number of amides is 3. The second-order valence-electron chi connectivity index (χ2n) is 5.27. The molecule has 1 aliphatic heterocycles. The van der Waals surface area contributed by atoms with Crippen LogP contribution in [-0.2, 0) is 14.3 Å². The highest BCUT2D eigenvalue weighted by atomic mass is 16.5. The molecule has 1 rings (SSSR count). The first-order valence-electron chi connectivity index (χ1n) is 6.85. The topological polar surface area (TPSA) is 99.2 Å². The van der Waals surface area contributed by atoms with Crippen LogP contribution in [-0.4, -0.2) is 79.8 Å². The number of urea groups is 1. The number of hydrogen-bond acceptors (Lipinski definition) is 4. The number of carbonyl (C=O) groups is 3. The highest BCUT2D eigenvalue weighted by Crippen LogP contribution is 2.24. The molecule has 1 heterocycles. The third-order valence-electron chi connectivity index (χ3n) is 3.61. The molecule has 21 heavy (non-hydrogen) atoms. The van der Waals surface area contributed by atoms with Gasteiger partial charge in [0, 0.05) is 39.7 Å². The molecule has 0 spiro atoms. The van der Waals surface area contributed by atoms with Crippen LogP contribution in [0.3, 0.4) is 0 Å². The van der Waals surface area contributed by atoms with Crippen LogP contribution in [0, 0.1) is 11.8 Å². The predicted octanol–water partition coefficient (Wildman–Crippen LogP) is -0.547. The van der Waals surface area contributed by atoms with Gasteiger partial charge in [0.15, 0.2) is 0 Å². The lowest BCUT2D eigenvalue weighted by Gasteiger charge is -2.42. The zero-order chi connectivity index (χ0) is 16.0. The van der Waals surface area contributed by atoms with Crippen molar-refractivity contribution in [3.05, 3.63) is 0 Å². The van der Waals surface area contributed by atoms with Crippen LogP contribution < -0.4 is 5.32 Å². The standard InChI is InChI=1S/C13H23N3O5/c1-9(12(18)19)10-6-16(7-10)13(20)15(2)8-11(17)14-4-5-21-3/h9-10H,4-8H2,1-3H3,(H,14,17)(H,18,19). The minimum Gasteiger partial charge on any atom is -0.481 e. The van der Waals surface area contributed by atoms with Gasteiger partial charge in [-0.3, -0.25) is 9.59 Å². The fourth-order valence-corrected chi connectivity index (χ4v) is 2.06. The molecule has 1 unspecified atom stereocenters. The van der Waals surface area contributed by atoms with Gasteiger partial charge >= 0.3 is 12.0 Å². The summed E-state index contributed by atoms with van der Waals surface area (Å²) >= 11 is 0. The maximum atomic E-state index is 12.0. The zero-order valence-corrected chi connectivity index (χ0v) is 12.7. The van der Waals surface area contributed by atoms with Crippen molar-refractivity contribution in [1.82, 2.24) is 15.1 Å². The number of hydrogen-bond donors (Lipinski definition) is 2. The van der Waals surface area contributed by atoms with Crippen molar-refractivity contribution in [3.8, 4) is 0 Å². The van der Waals surface area contributed by atoms with Crippen molar-refractivity contribution in [1.29, 1.82) is 0 Å². The molecule has 8 heteroatoms. The number of ether oxygens (including phenoxy) is 1. The number of likely N-dealkylation sites (tertiary alicyclic amines) is 1. The molecule has 2 N–H and O–H groups in total. The van der Waals surface area contributed by atoms with Crippen LogP contribution in [0.5, 0.6) is 0 Å². The van der Waals surface area contributed by atoms with E-state index < -0.39 is 11.9 Å². The Labute approximate surface area is 124 Å². The number of carboxylic acid groups (broad SMARTS) is 1. The van der Waals surface area contributed by atoms with E-state index in [0.717, 1.165) is 0 Å². The van der Waals surface area contributed by atoms with E-state index in [4.69, 9.17) is 9.84 Å². The van der Waals surface area contributed by atoms with Crippen LogP contribution in [0.4, 0.5) is 4.79 Å². The first kappa shape index (κ1) is 17.2. The van der Waals surface area contributed by atoms with Crippen molar-refractivity contribution >= 4 is 17.9 Å². The lowest BCUT2D eigenvalue weighted by atomic mass is 9.87. The number of aliphatic carboxylic acids is 1. The lowest BCUT2D eigenvalue weighted by Crippen LogP contribution is -2.57. The number of carboxylic acids is 1. The molecule has 0 aromatic rings. The molecule has 1 aliphatic rings. The molecule has 120 valence electrons. The molecule has 0 radical (unpaired) electrons. The predicted molar refractivity (Wildman–Crippen MR) is 74.8 cm³/mol. The molecule has 0 aliphatic carbocycles. The molecular weight excluding hydrogens is 278 g/mol. The van der Waals surface area contributed by atoms with Gasteiger partial charge in [-0.05, 0) is 0 Å². The van der Waals surface area contributed by atoms with E-state index in [1.165, 1.54) is 4.90 Å². The molecule has 0 saturated carbocycles. The van der Waals surface area contributed by atoms with Gasteiger partial charge in [-0.15, -0.1) is 0 Å². The van der Waals surface area contributed by atoms with Gasteiger partial charge in [0.1, 0.15) is 6.54 Å². The minimum atomic E-state index is -0.849. The van der Waals surface area contributed by atoms with E-state index in [-0.39, 0.29) is 24.4 Å². The highest BCUT2D eigenvalue weighted by molar-refractivity contribution is 5.84. The molecule has 0 aromatic carbocycles. The molecular formula is C13H23N3O5. The van der Waals surface area contributed by atoms with E-state index in [0.29, 0.717) is 26.2 Å². The number of rotatable bonds is 7. The van der Waals surface area contributed by atoms with Gasteiger partial charge in [0.05, 0.1) is 12.5 Å². The summed E-state index contributed by atoms with van der Waals surface area (Å²) in [6, 6.07) is -0.259. The van der Waals surface area contributed by atoms with Gasteiger partial charge in [-0.25, -0.2) is 4.79 Å². The molecule has 0 bridgehead atoms. The summed E-state index contributed by atoms with van der Waals surface area (Å²) in [7, 11) is 3.09. The van der Waals surface area contributed by atoms with E-state index in [1.807, 2.05) is 0 Å². The largest absolute Gasteiger partial charge is 0.481 e. The fourth-order valence-electron chi connectivity index (χ4n) is 2.06. The lowest BCUT2D eigenvalue weighted by molar-refractivity contribution is -0.144. The Hall–Kier alpha value is -1.83. The molecule has 1 fully saturated rings. The zero-order valence-electron chi connectivity index (χ0n) is 12.7. The van der Waals surface area contributed by atoms with Gasteiger partial charge in [-0.1, -0.05) is 6.92 Å². The third kappa shape index (κ3) is 4.89. The normalized spacial score (nSPS) is 16.0. The van der Waals surface area contributed by atoms with Crippen molar-refractivity contribution < 1.29 is 24.2 Å². The SMILES string of the molecule is COCCNC(=O)CN(C)C(=O)N1CC(C(C)C(=O)O)C1. The first-order chi connectivity index (χ1) is 9.86. The summed E-state index contributed by atoms with van der Waals surface area (Å²) in [4.78, 5) is 37.3. The summed E-state index contributed by atoms with van der Waals surface area (Å²) in [6.45, 7) is 3.27. The van der Waals surface area contributed by atoms with Crippen LogP contribution in [0.25, 0.3) is 0 Å². The summed E-state index contributed by atoms with van der Waals surface area (Å²) in [6.07, 6.45) is 0. The van der Waals surface area contributed by atoms with Crippen LogP contribution in [0.15, 0.2) is 0 Å². The molecule has 1 saturated heterocycles. The Morgan fingerprint density at radius 3 is 2.57 bits per heavy atom. The Bertz CT molecular complexity index is 395. The number of methoxy groups -OCH3 is 1. The van der Waals surface area contributed by atoms with E-state index in [9.17, 15) is 14.4 Å². The Morgan fingerprint density at radius 1 is 1.43 bits per heavy atom. The summed E-state index contributed by atoms with van der Waals surface area (Å²) in [5.41, 5.74) is 0. The second kappa shape index (κ2) is 7.82.